The van der Waals surface area contributed by atoms with Crippen molar-refractivity contribution in [1.82, 2.24) is 5.32 Å². The van der Waals surface area contributed by atoms with Crippen molar-refractivity contribution in [2.75, 3.05) is 19.8 Å². The zero-order chi connectivity index (χ0) is 19.3. The van der Waals surface area contributed by atoms with Gasteiger partial charge in [0.1, 0.15) is 0 Å². The van der Waals surface area contributed by atoms with Crippen LogP contribution in [0.1, 0.15) is 34.3 Å². The molecule has 0 aromatic heterocycles. The molecule has 6 heteroatoms. The van der Waals surface area contributed by atoms with E-state index in [4.69, 9.17) is 21.4 Å². The number of carbonyl (C=O) groups is 2. The van der Waals surface area contributed by atoms with Gasteiger partial charge in [-0.1, -0.05) is 41.9 Å². The summed E-state index contributed by atoms with van der Waals surface area (Å²) in [7, 11) is 0. The number of halogens is 1. The maximum atomic E-state index is 12.5. The Labute approximate surface area is 163 Å². The van der Waals surface area contributed by atoms with Crippen LogP contribution in [0.25, 0.3) is 0 Å². The van der Waals surface area contributed by atoms with Gasteiger partial charge in [0.05, 0.1) is 12.0 Å². The molecule has 0 spiro atoms. The molecular formula is C21H22ClNO4. The molecule has 3 rings (SSSR count). The van der Waals surface area contributed by atoms with Crippen molar-refractivity contribution in [3.8, 4) is 0 Å². The zero-order valence-corrected chi connectivity index (χ0v) is 15.7. The summed E-state index contributed by atoms with van der Waals surface area (Å²) in [5, 5.41) is 12.8. The van der Waals surface area contributed by atoms with Gasteiger partial charge in [0, 0.05) is 30.2 Å². The predicted octanol–water partition coefficient (Wildman–Crippen LogP) is 3.45. The van der Waals surface area contributed by atoms with E-state index in [0.29, 0.717) is 30.3 Å². The maximum absolute atomic E-state index is 12.5. The molecule has 5 nitrogen and oxygen atoms in total. The van der Waals surface area contributed by atoms with Gasteiger partial charge in [0.2, 0.25) is 5.91 Å². The Morgan fingerprint density at radius 2 is 1.85 bits per heavy atom. The number of carboxylic acid groups (broad SMARTS) is 1. The molecule has 1 aliphatic rings. The van der Waals surface area contributed by atoms with Crippen molar-refractivity contribution in [3.63, 3.8) is 0 Å². The fraction of sp³-hybridized carbons (Fsp3) is 0.333. The van der Waals surface area contributed by atoms with E-state index in [2.05, 4.69) is 5.32 Å². The topological polar surface area (TPSA) is 75.6 Å². The van der Waals surface area contributed by atoms with E-state index in [9.17, 15) is 9.59 Å². The largest absolute Gasteiger partial charge is 0.478 e. The number of amides is 1. The van der Waals surface area contributed by atoms with E-state index < -0.39 is 5.97 Å². The van der Waals surface area contributed by atoms with Gasteiger partial charge < -0.3 is 15.2 Å². The predicted molar refractivity (Wildman–Crippen MR) is 103 cm³/mol. The minimum atomic E-state index is -1.00. The lowest BCUT2D eigenvalue weighted by molar-refractivity contribution is -0.121. The molecule has 0 saturated carbocycles. The average molecular weight is 388 g/mol. The highest BCUT2D eigenvalue weighted by atomic mass is 35.5. The highest BCUT2D eigenvalue weighted by Crippen LogP contribution is 2.38. The Balaban J connectivity index is 1.70. The van der Waals surface area contributed by atoms with Crippen molar-refractivity contribution >= 4 is 23.5 Å². The van der Waals surface area contributed by atoms with Crippen LogP contribution in [0, 0.1) is 0 Å². The van der Waals surface area contributed by atoms with Crippen LogP contribution in [0.3, 0.4) is 0 Å². The summed E-state index contributed by atoms with van der Waals surface area (Å²) in [4.78, 5) is 23.5. The summed E-state index contributed by atoms with van der Waals surface area (Å²) in [5.41, 5.74) is 1.63. The number of hydrogen-bond acceptors (Lipinski definition) is 3. The number of benzene rings is 2. The number of nitrogens with one attached hydrogen (secondary N) is 1. The number of ether oxygens (including phenoxy) is 1. The van der Waals surface area contributed by atoms with Gasteiger partial charge in [-0.3, -0.25) is 4.79 Å². The first kappa shape index (κ1) is 19.4. The fourth-order valence-corrected chi connectivity index (χ4v) is 3.86. The zero-order valence-electron chi connectivity index (χ0n) is 14.9. The van der Waals surface area contributed by atoms with E-state index >= 15 is 0 Å². The number of carbonyl (C=O) groups excluding carboxylic acids is 1. The Kier molecular flexibility index (Phi) is 6.14. The summed E-state index contributed by atoms with van der Waals surface area (Å²) in [6.07, 6.45) is 1.70. The van der Waals surface area contributed by atoms with Gasteiger partial charge in [-0.25, -0.2) is 4.79 Å². The van der Waals surface area contributed by atoms with E-state index in [-0.39, 0.29) is 23.3 Å². The third-order valence-corrected chi connectivity index (χ3v) is 5.39. The lowest BCUT2D eigenvalue weighted by atomic mass is 9.74. The molecule has 1 fully saturated rings. The molecule has 142 valence electrons. The standard InChI is InChI=1S/C21H22ClNO4/c22-18-7-2-1-6-17(18)21(8-10-27-11-9-21)14-23-19(24)13-15-4-3-5-16(12-15)20(25)26/h1-7,12H,8-11,13-14H2,(H,23,24)(H,25,26). The Hall–Kier alpha value is -2.37. The molecule has 0 radical (unpaired) electrons. The van der Waals surface area contributed by atoms with Crippen molar-refractivity contribution in [2.24, 2.45) is 0 Å². The highest BCUT2D eigenvalue weighted by Gasteiger charge is 2.36. The molecule has 2 aromatic carbocycles. The van der Waals surface area contributed by atoms with Crippen LogP contribution in [-0.2, 0) is 21.4 Å². The van der Waals surface area contributed by atoms with Crippen molar-refractivity contribution in [3.05, 3.63) is 70.2 Å². The number of aromatic carboxylic acids is 1. The monoisotopic (exact) mass is 387 g/mol. The first-order valence-electron chi connectivity index (χ1n) is 8.92. The van der Waals surface area contributed by atoms with Crippen LogP contribution < -0.4 is 5.32 Å². The van der Waals surface area contributed by atoms with Gasteiger partial charge in [-0.15, -0.1) is 0 Å². The minimum Gasteiger partial charge on any atom is -0.478 e. The summed E-state index contributed by atoms with van der Waals surface area (Å²) < 4.78 is 5.51. The van der Waals surface area contributed by atoms with Crippen LogP contribution >= 0.6 is 11.6 Å². The van der Waals surface area contributed by atoms with Crippen LogP contribution in [0.4, 0.5) is 0 Å². The lowest BCUT2D eigenvalue weighted by Gasteiger charge is -2.38. The Morgan fingerprint density at radius 3 is 2.56 bits per heavy atom. The molecule has 0 atom stereocenters. The number of rotatable bonds is 6. The number of hydrogen-bond donors (Lipinski definition) is 2. The molecule has 1 saturated heterocycles. The minimum absolute atomic E-state index is 0.135. The first-order valence-corrected chi connectivity index (χ1v) is 9.30. The van der Waals surface area contributed by atoms with Gasteiger partial charge >= 0.3 is 5.97 Å². The molecule has 2 N–H and O–H groups in total. The summed E-state index contributed by atoms with van der Waals surface area (Å²) in [5.74, 6) is -1.15. The summed E-state index contributed by atoms with van der Waals surface area (Å²) in [6, 6.07) is 14.2. The van der Waals surface area contributed by atoms with Crippen molar-refractivity contribution in [2.45, 2.75) is 24.7 Å². The smallest absolute Gasteiger partial charge is 0.335 e. The summed E-state index contributed by atoms with van der Waals surface area (Å²) in [6.45, 7) is 1.72. The van der Waals surface area contributed by atoms with Gasteiger partial charge in [0.15, 0.2) is 0 Å². The molecule has 27 heavy (non-hydrogen) atoms. The van der Waals surface area contributed by atoms with E-state index in [1.54, 1.807) is 12.1 Å². The molecule has 0 unspecified atom stereocenters. The van der Waals surface area contributed by atoms with Gasteiger partial charge in [-0.2, -0.15) is 0 Å². The fourth-order valence-electron chi connectivity index (χ4n) is 3.52. The van der Waals surface area contributed by atoms with Crippen molar-refractivity contribution in [1.29, 1.82) is 0 Å². The quantitative estimate of drug-likeness (QED) is 0.796. The SMILES string of the molecule is O=C(Cc1cccc(C(=O)O)c1)NCC1(c2ccccc2Cl)CCOCC1. The Bertz CT molecular complexity index is 830. The van der Waals surface area contributed by atoms with Gasteiger partial charge in [-0.05, 0) is 42.2 Å². The van der Waals surface area contributed by atoms with Crippen LogP contribution in [0.5, 0.6) is 0 Å². The van der Waals surface area contributed by atoms with E-state index in [1.165, 1.54) is 12.1 Å². The van der Waals surface area contributed by atoms with Crippen LogP contribution in [-0.4, -0.2) is 36.7 Å². The molecule has 0 aliphatic carbocycles. The second-order valence-electron chi connectivity index (χ2n) is 6.83. The van der Waals surface area contributed by atoms with E-state index in [0.717, 1.165) is 18.4 Å². The molecule has 2 aromatic rings. The average Bonchev–Trinajstić information content (AvgIpc) is 2.68. The maximum Gasteiger partial charge on any atom is 0.335 e. The molecule has 0 bridgehead atoms. The molecule has 1 amide bonds. The normalized spacial score (nSPS) is 15.9. The third-order valence-electron chi connectivity index (χ3n) is 5.06. The van der Waals surface area contributed by atoms with Crippen molar-refractivity contribution < 1.29 is 19.4 Å². The molecule has 1 aliphatic heterocycles. The first-order chi connectivity index (χ1) is 13.0. The highest BCUT2D eigenvalue weighted by molar-refractivity contribution is 6.31. The lowest BCUT2D eigenvalue weighted by Crippen LogP contribution is -2.45. The van der Waals surface area contributed by atoms with Crippen LogP contribution in [0.15, 0.2) is 48.5 Å². The Morgan fingerprint density at radius 1 is 1.11 bits per heavy atom. The third kappa shape index (κ3) is 4.67. The second kappa shape index (κ2) is 8.55. The second-order valence-corrected chi connectivity index (χ2v) is 7.24. The summed E-state index contributed by atoms with van der Waals surface area (Å²) >= 11 is 6.43. The molecule has 1 heterocycles. The molecular weight excluding hydrogens is 366 g/mol. The number of carboxylic acids is 1. The van der Waals surface area contributed by atoms with E-state index in [1.807, 2.05) is 24.3 Å². The van der Waals surface area contributed by atoms with Crippen LogP contribution in [0.2, 0.25) is 5.02 Å². The van der Waals surface area contributed by atoms with Gasteiger partial charge in [0.25, 0.3) is 0 Å².